The van der Waals surface area contributed by atoms with Crippen LogP contribution >= 0.6 is 0 Å². The van der Waals surface area contributed by atoms with Crippen LogP contribution in [0.2, 0.25) is 0 Å². The summed E-state index contributed by atoms with van der Waals surface area (Å²) in [5, 5.41) is 13.0. The lowest BCUT2D eigenvalue weighted by Gasteiger charge is -2.49. The van der Waals surface area contributed by atoms with Crippen molar-refractivity contribution in [1.29, 1.82) is 0 Å². The Labute approximate surface area is 279 Å². The lowest BCUT2D eigenvalue weighted by Crippen LogP contribution is -2.65. The second-order valence-electron chi connectivity index (χ2n) is 16.4. The lowest BCUT2D eigenvalue weighted by molar-refractivity contribution is -0.263. The second kappa shape index (κ2) is 18.1. The van der Waals surface area contributed by atoms with Crippen molar-refractivity contribution in [2.24, 2.45) is 16.2 Å². The summed E-state index contributed by atoms with van der Waals surface area (Å²) in [7, 11) is 0. The van der Waals surface area contributed by atoms with Gasteiger partial charge in [-0.3, -0.25) is 19.3 Å². The molecule has 0 spiro atoms. The van der Waals surface area contributed by atoms with Crippen LogP contribution in [0.3, 0.4) is 0 Å². The van der Waals surface area contributed by atoms with E-state index in [0.29, 0.717) is 6.04 Å². The summed E-state index contributed by atoms with van der Waals surface area (Å²) in [6, 6.07) is 0.448. The molecule has 10 heteroatoms. The largest absolute Gasteiger partial charge is 0.455 e. The Kier molecular flexibility index (Phi) is 15.9. The summed E-state index contributed by atoms with van der Waals surface area (Å²) in [5.74, 6) is -1.36. The Morgan fingerprint density at radius 3 is 1.98 bits per heavy atom. The van der Waals surface area contributed by atoms with Crippen LogP contribution in [0.15, 0.2) is 0 Å². The van der Waals surface area contributed by atoms with Crippen LogP contribution < -0.4 is 5.32 Å². The number of nitrogens with one attached hydrogen (secondary N) is 1. The molecule has 2 heterocycles. The maximum absolute atomic E-state index is 13.5. The van der Waals surface area contributed by atoms with Crippen LogP contribution in [0.1, 0.15) is 133 Å². The minimum atomic E-state index is -1.04. The molecule has 2 saturated heterocycles. The van der Waals surface area contributed by atoms with Gasteiger partial charge in [0.15, 0.2) is 24.5 Å². The minimum absolute atomic E-state index is 0.0146. The fraction of sp³-hybridized carbons (Fsp3) is 0.917. The van der Waals surface area contributed by atoms with E-state index < -0.39 is 58.7 Å². The fourth-order valence-corrected chi connectivity index (χ4v) is 5.75. The van der Waals surface area contributed by atoms with Gasteiger partial charge < -0.3 is 29.4 Å². The topological polar surface area (TPSA) is 124 Å². The van der Waals surface area contributed by atoms with Crippen LogP contribution in [-0.4, -0.2) is 90.8 Å². The molecule has 2 aliphatic heterocycles. The predicted octanol–water partition coefficient (Wildman–Crippen LogP) is 5.77. The maximum Gasteiger partial charge on any atom is 0.311 e. The molecule has 0 radical (unpaired) electrons. The smallest absolute Gasteiger partial charge is 0.311 e. The molecule has 0 aromatic heterocycles. The van der Waals surface area contributed by atoms with Gasteiger partial charge in [-0.25, -0.2) is 0 Å². The number of likely N-dealkylation sites (tertiary alicyclic amines) is 1. The van der Waals surface area contributed by atoms with Crippen molar-refractivity contribution in [3.63, 3.8) is 0 Å². The number of ether oxygens (including phenoxy) is 4. The molecule has 0 aromatic rings. The van der Waals surface area contributed by atoms with E-state index in [2.05, 4.69) is 17.1 Å². The number of hydrogen-bond donors (Lipinski definition) is 2. The lowest BCUT2D eigenvalue weighted by atomic mass is 9.90. The monoisotopic (exact) mass is 654 g/mol. The van der Waals surface area contributed by atoms with Gasteiger partial charge in [-0.1, -0.05) is 32.6 Å². The number of unbranched alkanes of at least 4 members (excludes halogenated alkanes) is 3. The Morgan fingerprint density at radius 1 is 0.826 bits per heavy atom. The van der Waals surface area contributed by atoms with Crippen molar-refractivity contribution in [3.8, 4) is 0 Å². The zero-order valence-electron chi connectivity index (χ0n) is 30.6. The van der Waals surface area contributed by atoms with Crippen molar-refractivity contribution in [3.05, 3.63) is 0 Å². The van der Waals surface area contributed by atoms with Gasteiger partial charge in [0.05, 0.1) is 22.9 Å². The van der Waals surface area contributed by atoms with Crippen molar-refractivity contribution in [2.45, 2.75) is 170 Å². The van der Waals surface area contributed by atoms with Crippen LogP contribution in [0.5, 0.6) is 0 Å². The third kappa shape index (κ3) is 12.7. The van der Waals surface area contributed by atoms with E-state index >= 15 is 0 Å². The number of hydrogen-bond acceptors (Lipinski definition) is 10. The SMILES string of the molecule is CCCCC[C@@H](C[C@H]1CCCCN1[C@H]1OC[C@@H](OC(=O)C(C)(C)C)C(OC(=O)C(C)(C)C)C1OC(=O)C(C)(C)C)NCCCCO. The quantitative estimate of drug-likeness (QED) is 0.128. The van der Waals surface area contributed by atoms with E-state index in [9.17, 15) is 19.5 Å². The zero-order chi connectivity index (χ0) is 34.7. The molecule has 268 valence electrons. The van der Waals surface area contributed by atoms with Gasteiger partial charge in [0.25, 0.3) is 0 Å². The molecule has 2 N–H and O–H groups in total. The summed E-state index contributed by atoms with van der Waals surface area (Å²) in [6.07, 6.45) is 6.48. The van der Waals surface area contributed by atoms with Crippen molar-refractivity contribution < 1.29 is 38.4 Å². The summed E-state index contributed by atoms with van der Waals surface area (Å²) >= 11 is 0. The number of aliphatic hydroxyl groups excluding tert-OH is 1. The summed E-state index contributed by atoms with van der Waals surface area (Å²) in [4.78, 5) is 42.2. The molecule has 0 aromatic carbocycles. The van der Waals surface area contributed by atoms with Gasteiger partial charge in [-0.2, -0.15) is 0 Å². The summed E-state index contributed by atoms with van der Waals surface area (Å²) in [5.41, 5.74) is -2.43. The number of esters is 3. The predicted molar refractivity (Wildman–Crippen MR) is 179 cm³/mol. The van der Waals surface area contributed by atoms with Gasteiger partial charge in [0.2, 0.25) is 0 Å². The average Bonchev–Trinajstić information content (AvgIpc) is 2.95. The zero-order valence-corrected chi connectivity index (χ0v) is 30.6. The highest BCUT2D eigenvalue weighted by molar-refractivity contribution is 5.77. The van der Waals surface area contributed by atoms with E-state index in [1.165, 1.54) is 6.42 Å². The molecule has 10 nitrogen and oxygen atoms in total. The fourth-order valence-electron chi connectivity index (χ4n) is 5.75. The van der Waals surface area contributed by atoms with Gasteiger partial charge >= 0.3 is 17.9 Å². The number of rotatable bonds is 15. The second-order valence-corrected chi connectivity index (χ2v) is 16.4. The van der Waals surface area contributed by atoms with Crippen LogP contribution in [0.25, 0.3) is 0 Å². The molecule has 0 saturated carbocycles. The Morgan fingerprint density at radius 2 is 1.41 bits per heavy atom. The van der Waals surface area contributed by atoms with Gasteiger partial charge in [-0.05, 0) is 107 Å². The Balaban J connectivity index is 2.48. The highest BCUT2D eigenvalue weighted by atomic mass is 16.6. The van der Waals surface area contributed by atoms with Crippen LogP contribution in [0.4, 0.5) is 0 Å². The highest BCUT2D eigenvalue weighted by Crippen LogP contribution is 2.35. The molecule has 0 amide bonds. The Hall–Kier alpha value is -1.75. The molecular formula is C36H66N2O8. The van der Waals surface area contributed by atoms with Crippen molar-refractivity contribution in [2.75, 3.05) is 26.3 Å². The van der Waals surface area contributed by atoms with E-state index in [0.717, 1.165) is 70.9 Å². The molecule has 46 heavy (non-hydrogen) atoms. The number of aliphatic hydroxyl groups is 1. The first-order chi connectivity index (χ1) is 21.4. The molecule has 0 aliphatic carbocycles. The van der Waals surface area contributed by atoms with E-state index in [1.807, 2.05) is 0 Å². The van der Waals surface area contributed by atoms with Crippen LogP contribution in [0, 0.1) is 16.2 Å². The molecule has 2 fully saturated rings. The number of piperidine rings is 1. The molecule has 6 atom stereocenters. The number of nitrogens with zero attached hydrogens (tertiary/aromatic N) is 1. The van der Waals surface area contributed by atoms with Crippen LogP contribution in [-0.2, 0) is 33.3 Å². The number of carbonyl (C=O) groups is 3. The minimum Gasteiger partial charge on any atom is -0.455 e. The maximum atomic E-state index is 13.5. The van der Waals surface area contributed by atoms with Gasteiger partial charge in [0.1, 0.15) is 0 Å². The molecule has 0 bridgehead atoms. The molecule has 2 unspecified atom stereocenters. The number of carbonyl (C=O) groups excluding carboxylic acids is 3. The summed E-state index contributed by atoms with van der Waals surface area (Å²) in [6.45, 7) is 20.0. The first kappa shape index (κ1) is 40.4. The van der Waals surface area contributed by atoms with Crippen molar-refractivity contribution >= 4 is 17.9 Å². The molecule has 2 rings (SSSR count). The van der Waals surface area contributed by atoms with Crippen molar-refractivity contribution in [1.82, 2.24) is 10.2 Å². The highest BCUT2D eigenvalue weighted by Gasteiger charge is 2.52. The first-order valence-electron chi connectivity index (χ1n) is 17.7. The summed E-state index contributed by atoms with van der Waals surface area (Å²) < 4.78 is 24.9. The molecule has 2 aliphatic rings. The third-order valence-corrected chi connectivity index (χ3v) is 8.71. The van der Waals surface area contributed by atoms with E-state index in [-0.39, 0.29) is 19.3 Å². The van der Waals surface area contributed by atoms with Gasteiger partial charge in [0, 0.05) is 25.2 Å². The van der Waals surface area contributed by atoms with E-state index in [1.54, 1.807) is 62.3 Å². The normalized spacial score (nSPS) is 25.5. The standard InChI is InChI=1S/C36H66N2O8/c1-11-12-13-18-25(37-20-15-17-22-39)23-26-19-14-16-21-38(26)30-29(46-33(42)36(8,9)10)28(45-32(41)35(5,6)7)27(24-43-30)44-31(40)34(2,3)4/h25-30,37,39H,11-24H2,1-10H3/t25-,26+,27+,28?,29?,30-/m0/s1. The van der Waals surface area contributed by atoms with E-state index in [4.69, 9.17) is 18.9 Å². The Bertz CT molecular complexity index is 951. The molecular weight excluding hydrogens is 588 g/mol. The average molecular weight is 655 g/mol. The third-order valence-electron chi connectivity index (χ3n) is 8.71. The first-order valence-corrected chi connectivity index (χ1v) is 17.7. The van der Waals surface area contributed by atoms with Gasteiger partial charge in [-0.15, -0.1) is 0 Å².